The summed E-state index contributed by atoms with van der Waals surface area (Å²) >= 11 is 6.39. The molecule has 38 heavy (non-hydrogen) atoms. The lowest BCUT2D eigenvalue weighted by atomic mass is 10.1. The van der Waals surface area contributed by atoms with E-state index in [1.54, 1.807) is 38.7 Å². The minimum absolute atomic E-state index is 0.259. The number of nitrogens with one attached hydrogen (secondary N) is 2. The fraction of sp³-hybridized carbons (Fsp3) is 0.321. The number of hydrogen-bond donors (Lipinski definition) is 2. The van der Waals surface area contributed by atoms with Gasteiger partial charge in [-0.15, -0.1) is 0 Å². The van der Waals surface area contributed by atoms with Crippen molar-refractivity contribution in [2.45, 2.75) is 6.92 Å². The number of rotatable bonds is 7. The number of ether oxygens (including phenoxy) is 2. The Balaban J connectivity index is 1.47. The van der Waals surface area contributed by atoms with Crippen LogP contribution < -0.4 is 25.0 Å². The van der Waals surface area contributed by atoms with E-state index in [-0.39, 0.29) is 5.91 Å². The summed E-state index contributed by atoms with van der Waals surface area (Å²) in [6, 6.07) is 9.20. The number of anilines is 3. The molecule has 1 aliphatic heterocycles. The molecule has 3 aromatic rings. The van der Waals surface area contributed by atoms with Crippen molar-refractivity contribution in [1.29, 1.82) is 0 Å². The molecule has 0 unspecified atom stereocenters. The SMILES string of the molecule is CCN1CCN(c2ccc(Nc3ncc(C#Cc4cc(C(=O)NC)cc(OC)c4Cl)cn3)cc2OC)CC1. The quantitative estimate of drug-likeness (QED) is 0.442. The average molecular weight is 535 g/mol. The van der Waals surface area contributed by atoms with Gasteiger partial charge in [0.1, 0.15) is 11.5 Å². The first-order valence-electron chi connectivity index (χ1n) is 12.3. The summed E-state index contributed by atoms with van der Waals surface area (Å²) in [7, 11) is 4.73. The number of nitrogens with zero attached hydrogens (tertiary/aromatic N) is 4. The van der Waals surface area contributed by atoms with Crippen molar-refractivity contribution in [3.05, 3.63) is 64.4 Å². The number of likely N-dealkylation sites (N-methyl/N-ethyl adjacent to an activating group) is 1. The molecule has 0 saturated carbocycles. The van der Waals surface area contributed by atoms with E-state index in [2.05, 4.69) is 55.2 Å². The van der Waals surface area contributed by atoms with Gasteiger partial charge >= 0.3 is 0 Å². The highest BCUT2D eigenvalue weighted by Crippen LogP contribution is 2.33. The number of carbonyl (C=O) groups excluding carboxylic acids is 1. The summed E-state index contributed by atoms with van der Waals surface area (Å²) < 4.78 is 11.0. The Bertz CT molecular complexity index is 1350. The van der Waals surface area contributed by atoms with Gasteiger partial charge in [0.05, 0.1) is 30.5 Å². The lowest BCUT2D eigenvalue weighted by molar-refractivity contribution is 0.0962. The van der Waals surface area contributed by atoms with Gasteiger partial charge in [0.2, 0.25) is 5.95 Å². The molecule has 2 heterocycles. The molecule has 2 N–H and O–H groups in total. The molecule has 0 bridgehead atoms. The monoisotopic (exact) mass is 534 g/mol. The van der Waals surface area contributed by atoms with Gasteiger partial charge in [0, 0.05) is 68.5 Å². The van der Waals surface area contributed by atoms with E-state index in [1.807, 2.05) is 12.1 Å². The summed E-state index contributed by atoms with van der Waals surface area (Å²) in [6.45, 7) is 7.29. The highest BCUT2D eigenvalue weighted by Gasteiger charge is 2.19. The molecule has 0 spiro atoms. The van der Waals surface area contributed by atoms with E-state index in [0.717, 1.165) is 49.8 Å². The first-order valence-corrected chi connectivity index (χ1v) is 12.7. The smallest absolute Gasteiger partial charge is 0.251 e. The van der Waals surface area contributed by atoms with Crippen LogP contribution in [0.25, 0.3) is 0 Å². The van der Waals surface area contributed by atoms with Crippen molar-refractivity contribution in [3.8, 4) is 23.3 Å². The van der Waals surface area contributed by atoms with Crippen LogP contribution in [0.3, 0.4) is 0 Å². The third-order valence-corrected chi connectivity index (χ3v) is 6.73. The molecular formula is C28H31ClN6O3. The van der Waals surface area contributed by atoms with Crippen molar-refractivity contribution >= 4 is 34.8 Å². The third kappa shape index (κ3) is 6.28. The van der Waals surface area contributed by atoms with E-state index in [0.29, 0.717) is 33.4 Å². The number of carbonyl (C=O) groups is 1. The second kappa shape index (κ2) is 12.5. The maximum absolute atomic E-state index is 12.1. The van der Waals surface area contributed by atoms with Crippen LogP contribution in [0, 0.1) is 11.8 Å². The average Bonchev–Trinajstić information content (AvgIpc) is 2.97. The Morgan fingerprint density at radius 3 is 2.37 bits per heavy atom. The van der Waals surface area contributed by atoms with E-state index in [4.69, 9.17) is 21.1 Å². The number of benzene rings is 2. The third-order valence-electron chi connectivity index (χ3n) is 6.34. The summed E-state index contributed by atoms with van der Waals surface area (Å²) in [6.07, 6.45) is 3.24. The zero-order valence-corrected chi connectivity index (χ0v) is 22.7. The van der Waals surface area contributed by atoms with Gasteiger partial charge in [0.15, 0.2) is 0 Å². The van der Waals surface area contributed by atoms with Gasteiger partial charge in [-0.3, -0.25) is 4.79 Å². The van der Waals surface area contributed by atoms with E-state index >= 15 is 0 Å². The van der Waals surface area contributed by atoms with Crippen LogP contribution in [-0.2, 0) is 0 Å². The number of methoxy groups -OCH3 is 2. The molecule has 10 heteroatoms. The lowest BCUT2D eigenvalue weighted by Gasteiger charge is -2.36. The molecule has 0 atom stereocenters. The fourth-order valence-electron chi connectivity index (χ4n) is 4.16. The van der Waals surface area contributed by atoms with E-state index < -0.39 is 0 Å². The number of halogens is 1. The first kappa shape index (κ1) is 27.0. The molecule has 4 rings (SSSR count). The lowest BCUT2D eigenvalue weighted by Crippen LogP contribution is -2.46. The van der Waals surface area contributed by atoms with Crippen LogP contribution >= 0.6 is 11.6 Å². The minimum atomic E-state index is -0.259. The normalized spacial score (nSPS) is 13.3. The number of hydrogen-bond acceptors (Lipinski definition) is 8. The van der Waals surface area contributed by atoms with Crippen LogP contribution in [0.5, 0.6) is 11.5 Å². The number of amides is 1. The summed E-state index contributed by atoms with van der Waals surface area (Å²) in [4.78, 5) is 25.6. The van der Waals surface area contributed by atoms with Crippen LogP contribution in [0.1, 0.15) is 28.4 Å². The van der Waals surface area contributed by atoms with Crippen molar-refractivity contribution in [2.24, 2.45) is 0 Å². The van der Waals surface area contributed by atoms with Gasteiger partial charge in [-0.2, -0.15) is 0 Å². The molecule has 0 aliphatic carbocycles. The van der Waals surface area contributed by atoms with Crippen LogP contribution in [0.4, 0.5) is 17.3 Å². The highest BCUT2D eigenvalue weighted by molar-refractivity contribution is 6.33. The van der Waals surface area contributed by atoms with Gasteiger partial charge < -0.3 is 29.9 Å². The maximum Gasteiger partial charge on any atom is 0.251 e. The van der Waals surface area contributed by atoms with Crippen molar-refractivity contribution < 1.29 is 14.3 Å². The molecule has 0 radical (unpaired) electrons. The van der Waals surface area contributed by atoms with Gasteiger partial charge in [-0.25, -0.2) is 9.97 Å². The number of aromatic nitrogens is 2. The Morgan fingerprint density at radius 2 is 1.74 bits per heavy atom. The summed E-state index contributed by atoms with van der Waals surface area (Å²) in [5.74, 6) is 7.33. The van der Waals surface area contributed by atoms with Gasteiger partial charge in [-0.1, -0.05) is 30.4 Å². The largest absolute Gasteiger partial charge is 0.495 e. The topological polar surface area (TPSA) is 91.9 Å². The second-order valence-electron chi connectivity index (χ2n) is 8.60. The molecule has 1 amide bonds. The summed E-state index contributed by atoms with van der Waals surface area (Å²) in [5.41, 5.74) is 3.36. The summed E-state index contributed by atoms with van der Waals surface area (Å²) in [5, 5.41) is 6.13. The molecule has 2 aromatic carbocycles. The zero-order chi connectivity index (χ0) is 27.1. The van der Waals surface area contributed by atoms with Crippen LogP contribution in [0.15, 0.2) is 42.7 Å². The van der Waals surface area contributed by atoms with E-state index in [9.17, 15) is 4.79 Å². The zero-order valence-electron chi connectivity index (χ0n) is 22.0. The molecule has 198 valence electrons. The number of piperazine rings is 1. The molecule has 1 saturated heterocycles. The maximum atomic E-state index is 12.1. The molecular weight excluding hydrogens is 504 g/mol. The standard InChI is InChI=1S/C28H31ClN6O3/c1-5-34-10-12-35(13-11-34)23-9-8-22(16-24(23)37-3)33-28-31-17-19(18-32-28)6-7-20-14-21(27(36)30-2)15-25(38-4)26(20)29/h8-9,14-18H,5,10-13H2,1-4H3,(H,30,36)(H,31,32,33). The van der Waals surface area contributed by atoms with Crippen molar-refractivity contribution in [2.75, 3.05) is 64.2 Å². The van der Waals surface area contributed by atoms with Crippen LogP contribution in [-0.4, -0.2) is 74.8 Å². The molecule has 1 fully saturated rings. The first-order chi connectivity index (χ1) is 18.4. The van der Waals surface area contributed by atoms with Crippen molar-refractivity contribution in [3.63, 3.8) is 0 Å². The van der Waals surface area contributed by atoms with Crippen LogP contribution in [0.2, 0.25) is 5.02 Å². The fourth-order valence-corrected chi connectivity index (χ4v) is 4.39. The Labute approximate surface area is 228 Å². The Kier molecular flexibility index (Phi) is 8.89. The van der Waals surface area contributed by atoms with Crippen molar-refractivity contribution in [1.82, 2.24) is 20.2 Å². The predicted molar refractivity (Wildman–Crippen MR) is 150 cm³/mol. The highest BCUT2D eigenvalue weighted by atomic mass is 35.5. The molecule has 1 aromatic heterocycles. The molecule has 9 nitrogen and oxygen atoms in total. The predicted octanol–water partition coefficient (Wildman–Crippen LogP) is 3.79. The molecule has 1 aliphatic rings. The second-order valence-corrected chi connectivity index (χ2v) is 8.98. The van der Waals surface area contributed by atoms with E-state index in [1.165, 1.54) is 7.11 Å². The Hall–Kier alpha value is -4.00. The van der Waals surface area contributed by atoms with Gasteiger partial charge in [0.25, 0.3) is 5.91 Å². The van der Waals surface area contributed by atoms with Gasteiger partial charge in [-0.05, 0) is 30.8 Å². The minimum Gasteiger partial charge on any atom is -0.495 e. The Morgan fingerprint density at radius 1 is 1.03 bits per heavy atom.